The normalized spacial score (nSPS) is 25.8. The smallest absolute Gasteiger partial charge is 0.226 e. The van der Waals surface area contributed by atoms with Crippen LogP contribution in [-0.4, -0.2) is 22.8 Å². The number of pyridine rings is 1. The zero-order valence-corrected chi connectivity index (χ0v) is 14.4. The van der Waals surface area contributed by atoms with Crippen LogP contribution >= 0.6 is 0 Å². The first-order valence-corrected chi connectivity index (χ1v) is 8.91. The molecule has 1 heterocycles. The summed E-state index contributed by atoms with van der Waals surface area (Å²) >= 11 is 0. The van der Waals surface area contributed by atoms with Crippen molar-refractivity contribution >= 4 is 5.91 Å². The molecule has 0 N–H and O–H groups in total. The lowest BCUT2D eigenvalue weighted by atomic mass is 9.99. The Hall–Kier alpha value is -2.16. The predicted molar refractivity (Wildman–Crippen MR) is 94.4 cm³/mol. The minimum Gasteiger partial charge on any atom is -0.333 e. The molecule has 2 aliphatic rings. The highest BCUT2D eigenvalue weighted by Gasteiger charge is 2.57. The maximum absolute atomic E-state index is 13.1. The summed E-state index contributed by atoms with van der Waals surface area (Å²) in [5.74, 6) is 1.83. The maximum atomic E-state index is 13.1. The molecule has 1 aromatic carbocycles. The molecule has 0 saturated heterocycles. The van der Waals surface area contributed by atoms with Gasteiger partial charge >= 0.3 is 0 Å². The number of nitrogens with zero attached hydrogens (tertiary/aromatic N) is 2. The topological polar surface area (TPSA) is 33.2 Å². The molecular formula is C21H24N2O. The molecule has 3 nitrogen and oxygen atoms in total. The highest BCUT2D eigenvalue weighted by atomic mass is 16.2. The van der Waals surface area contributed by atoms with Crippen molar-refractivity contribution in [3.63, 3.8) is 0 Å². The molecule has 2 fully saturated rings. The molecule has 3 heteroatoms. The number of rotatable bonds is 4. The lowest BCUT2D eigenvalue weighted by molar-refractivity contribution is -0.133. The van der Waals surface area contributed by atoms with E-state index in [1.807, 2.05) is 30.1 Å². The summed E-state index contributed by atoms with van der Waals surface area (Å²) < 4.78 is 0. The molecule has 24 heavy (non-hydrogen) atoms. The third-order valence-electron chi connectivity index (χ3n) is 5.79. The van der Waals surface area contributed by atoms with Crippen molar-refractivity contribution in [1.29, 1.82) is 0 Å². The predicted octanol–water partition coefficient (Wildman–Crippen LogP) is 3.98. The fourth-order valence-electron chi connectivity index (χ4n) is 4.43. The quantitative estimate of drug-likeness (QED) is 0.853. The van der Waals surface area contributed by atoms with Crippen LogP contribution in [0, 0.1) is 24.7 Å². The highest BCUT2D eigenvalue weighted by Crippen LogP contribution is 2.58. The van der Waals surface area contributed by atoms with Gasteiger partial charge in [0.25, 0.3) is 0 Å². The molecule has 4 rings (SSSR count). The number of fused-ring (bicyclic) bond motifs is 1. The Labute approximate surface area is 143 Å². The van der Waals surface area contributed by atoms with E-state index in [1.165, 1.54) is 24.8 Å². The van der Waals surface area contributed by atoms with Gasteiger partial charge in [-0.3, -0.25) is 9.78 Å². The molecular weight excluding hydrogens is 296 g/mol. The van der Waals surface area contributed by atoms with Gasteiger partial charge in [-0.1, -0.05) is 42.3 Å². The second-order valence-corrected chi connectivity index (χ2v) is 7.30. The Morgan fingerprint density at radius 1 is 1.12 bits per heavy atom. The summed E-state index contributed by atoms with van der Waals surface area (Å²) in [7, 11) is 1.94. The standard InChI is InChI=1S/C21H24N2O/c1-14-9-11-15(12-10-14)20(18-8-3-4-13-22-18)23(2)21(24)19-16-6-5-7-17(16)19/h3-4,8-13,16-17,19-20H,5-7H2,1-2H3/t16-,17-,20+/m0/s1. The summed E-state index contributed by atoms with van der Waals surface area (Å²) in [4.78, 5) is 19.5. The van der Waals surface area contributed by atoms with Gasteiger partial charge in [-0.25, -0.2) is 0 Å². The maximum Gasteiger partial charge on any atom is 0.226 e. The Balaban J connectivity index is 1.64. The van der Waals surface area contributed by atoms with E-state index in [1.54, 1.807) is 6.20 Å². The molecule has 0 spiro atoms. The van der Waals surface area contributed by atoms with Gasteiger partial charge < -0.3 is 4.90 Å². The van der Waals surface area contributed by atoms with Gasteiger partial charge in [0, 0.05) is 19.2 Å². The van der Waals surface area contributed by atoms with Gasteiger partial charge in [0.2, 0.25) is 5.91 Å². The van der Waals surface area contributed by atoms with Crippen LogP contribution in [0.25, 0.3) is 0 Å². The largest absolute Gasteiger partial charge is 0.333 e. The molecule has 1 amide bonds. The fourth-order valence-corrected chi connectivity index (χ4v) is 4.43. The molecule has 2 aliphatic carbocycles. The van der Waals surface area contributed by atoms with Crippen molar-refractivity contribution in [3.05, 3.63) is 65.5 Å². The first kappa shape index (κ1) is 15.4. The number of hydrogen-bond donors (Lipinski definition) is 0. The number of aromatic nitrogens is 1. The fraction of sp³-hybridized carbons (Fsp3) is 0.429. The lowest BCUT2D eigenvalue weighted by Gasteiger charge is -2.29. The van der Waals surface area contributed by atoms with Gasteiger partial charge in [-0.05, 0) is 49.3 Å². The van der Waals surface area contributed by atoms with Crippen LogP contribution in [0.15, 0.2) is 48.7 Å². The Kier molecular flexibility index (Phi) is 3.87. The molecule has 0 bridgehead atoms. The zero-order chi connectivity index (χ0) is 16.7. The van der Waals surface area contributed by atoms with Gasteiger partial charge in [0.05, 0.1) is 11.7 Å². The van der Waals surface area contributed by atoms with Crippen molar-refractivity contribution in [2.45, 2.75) is 32.2 Å². The highest BCUT2D eigenvalue weighted by molar-refractivity contribution is 5.83. The van der Waals surface area contributed by atoms with Crippen LogP contribution in [0.5, 0.6) is 0 Å². The lowest BCUT2D eigenvalue weighted by Crippen LogP contribution is -2.34. The molecule has 2 aromatic rings. The van der Waals surface area contributed by atoms with Crippen molar-refractivity contribution in [1.82, 2.24) is 9.88 Å². The number of carbonyl (C=O) groups excluding carboxylic acids is 1. The molecule has 124 valence electrons. The summed E-state index contributed by atoms with van der Waals surface area (Å²) in [5.41, 5.74) is 3.29. The van der Waals surface area contributed by atoms with Crippen LogP contribution in [0.1, 0.15) is 42.1 Å². The Morgan fingerprint density at radius 2 is 1.83 bits per heavy atom. The summed E-state index contributed by atoms with van der Waals surface area (Å²) in [6.45, 7) is 2.08. The summed E-state index contributed by atoms with van der Waals surface area (Å²) in [5, 5.41) is 0. The van der Waals surface area contributed by atoms with Gasteiger partial charge in [-0.2, -0.15) is 0 Å². The summed E-state index contributed by atoms with van der Waals surface area (Å²) in [6.07, 6.45) is 5.56. The average Bonchev–Trinajstić information content (AvgIpc) is 3.08. The van der Waals surface area contributed by atoms with Crippen molar-refractivity contribution in [2.24, 2.45) is 17.8 Å². The Morgan fingerprint density at radius 3 is 2.46 bits per heavy atom. The van der Waals surface area contributed by atoms with E-state index >= 15 is 0 Å². The number of aryl methyl sites for hydroxylation is 1. The Bertz CT molecular complexity index is 715. The van der Waals surface area contributed by atoms with E-state index in [9.17, 15) is 4.79 Å². The molecule has 0 unspecified atom stereocenters. The first-order valence-electron chi connectivity index (χ1n) is 8.91. The summed E-state index contributed by atoms with van der Waals surface area (Å²) in [6, 6.07) is 14.3. The molecule has 2 saturated carbocycles. The first-order chi connectivity index (χ1) is 11.7. The van der Waals surface area contributed by atoms with E-state index in [2.05, 4.69) is 36.2 Å². The van der Waals surface area contributed by atoms with E-state index in [-0.39, 0.29) is 12.0 Å². The molecule has 1 aromatic heterocycles. The van der Waals surface area contributed by atoms with E-state index in [0.717, 1.165) is 11.3 Å². The number of benzene rings is 1. The molecule has 0 radical (unpaired) electrons. The van der Waals surface area contributed by atoms with Crippen molar-refractivity contribution in [2.75, 3.05) is 7.05 Å². The second kappa shape index (κ2) is 6.04. The third kappa shape index (κ3) is 2.62. The minimum absolute atomic E-state index is 0.111. The van der Waals surface area contributed by atoms with Crippen LogP contribution in [0.4, 0.5) is 0 Å². The zero-order valence-electron chi connectivity index (χ0n) is 14.4. The van der Waals surface area contributed by atoms with Crippen molar-refractivity contribution in [3.8, 4) is 0 Å². The van der Waals surface area contributed by atoms with Gasteiger partial charge in [-0.15, -0.1) is 0 Å². The molecule has 3 atom stereocenters. The SMILES string of the molecule is Cc1ccc([C@H](c2ccccn2)N(C)C(=O)C2[C@H]3CCC[C@H]23)cc1. The monoisotopic (exact) mass is 320 g/mol. The van der Waals surface area contributed by atoms with E-state index in [4.69, 9.17) is 0 Å². The van der Waals surface area contributed by atoms with Gasteiger partial charge in [0.1, 0.15) is 0 Å². The van der Waals surface area contributed by atoms with Crippen molar-refractivity contribution < 1.29 is 4.79 Å². The molecule has 0 aliphatic heterocycles. The van der Waals surface area contributed by atoms with Crippen LogP contribution in [0.3, 0.4) is 0 Å². The minimum atomic E-state index is -0.111. The van der Waals surface area contributed by atoms with Crippen LogP contribution < -0.4 is 0 Å². The number of amides is 1. The number of carbonyl (C=O) groups is 1. The third-order valence-corrected chi connectivity index (χ3v) is 5.79. The number of hydrogen-bond acceptors (Lipinski definition) is 2. The van der Waals surface area contributed by atoms with E-state index < -0.39 is 0 Å². The van der Waals surface area contributed by atoms with Gasteiger partial charge in [0.15, 0.2) is 0 Å². The average molecular weight is 320 g/mol. The van der Waals surface area contributed by atoms with Crippen LogP contribution in [-0.2, 0) is 4.79 Å². The van der Waals surface area contributed by atoms with E-state index in [0.29, 0.717) is 17.7 Å². The van der Waals surface area contributed by atoms with Crippen LogP contribution in [0.2, 0.25) is 0 Å². The second-order valence-electron chi connectivity index (χ2n) is 7.30.